The fraction of sp³-hybridized carbons (Fsp3) is 0.417. The SMILES string of the molecule is CCCCc1c(OC)cccc1C(=O)O. The van der Waals surface area contributed by atoms with Crippen LogP contribution in [-0.4, -0.2) is 18.2 Å². The largest absolute Gasteiger partial charge is 0.496 e. The van der Waals surface area contributed by atoms with Crippen LogP contribution in [-0.2, 0) is 6.42 Å². The molecule has 0 aliphatic carbocycles. The maximum atomic E-state index is 11.0. The molecule has 82 valence electrons. The minimum absolute atomic E-state index is 0.350. The first-order valence-electron chi connectivity index (χ1n) is 5.09. The third-order valence-electron chi connectivity index (χ3n) is 2.36. The lowest BCUT2D eigenvalue weighted by molar-refractivity contribution is 0.0695. The zero-order valence-corrected chi connectivity index (χ0v) is 9.12. The number of ether oxygens (including phenoxy) is 1. The number of hydrogen-bond donors (Lipinski definition) is 1. The van der Waals surface area contributed by atoms with Crippen molar-refractivity contribution in [2.45, 2.75) is 26.2 Å². The van der Waals surface area contributed by atoms with Crippen molar-refractivity contribution in [2.75, 3.05) is 7.11 Å². The molecule has 0 saturated heterocycles. The summed E-state index contributed by atoms with van der Waals surface area (Å²) in [7, 11) is 1.57. The van der Waals surface area contributed by atoms with Crippen LogP contribution in [0.1, 0.15) is 35.7 Å². The summed E-state index contributed by atoms with van der Waals surface area (Å²) in [5.74, 6) is -0.219. The van der Waals surface area contributed by atoms with Crippen LogP contribution in [0.5, 0.6) is 5.75 Å². The van der Waals surface area contributed by atoms with Crippen LogP contribution in [0, 0.1) is 0 Å². The zero-order valence-electron chi connectivity index (χ0n) is 9.12. The lowest BCUT2D eigenvalue weighted by atomic mass is 10.0. The van der Waals surface area contributed by atoms with E-state index in [0.717, 1.165) is 24.8 Å². The van der Waals surface area contributed by atoms with Gasteiger partial charge in [0.2, 0.25) is 0 Å². The van der Waals surface area contributed by atoms with Gasteiger partial charge in [0.15, 0.2) is 0 Å². The lowest BCUT2D eigenvalue weighted by Crippen LogP contribution is -2.04. The van der Waals surface area contributed by atoms with Gasteiger partial charge in [0.05, 0.1) is 12.7 Å². The molecule has 0 spiro atoms. The van der Waals surface area contributed by atoms with Crippen molar-refractivity contribution in [2.24, 2.45) is 0 Å². The van der Waals surface area contributed by atoms with Gasteiger partial charge >= 0.3 is 5.97 Å². The molecule has 1 aromatic carbocycles. The molecule has 3 nitrogen and oxygen atoms in total. The van der Waals surface area contributed by atoms with Crippen LogP contribution in [0.3, 0.4) is 0 Å². The number of aromatic carboxylic acids is 1. The molecule has 0 amide bonds. The van der Waals surface area contributed by atoms with Crippen LogP contribution in [0.2, 0.25) is 0 Å². The van der Waals surface area contributed by atoms with E-state index in [1.54, 1.807) is 25.3 Å². The number of rotatable bonds is 5. The second-order valence-corrected chi connectivity index (χ2v) is 3.40. The van der Waals surface area contributed by atoms with Crippen LogP contribution < -0.4 is 4.74 Å². The zero-order chi connectivity index (χ0) is 11.3. The third kappa shape index (κ3) is 2.72. The minimum Gasteiger partial charge on any atom is -0.496 e. The van der Waals surface area contributed by atoms with Gasteiger partial charge in [0.25, 0.3) is 0 Å². The van der Waals surface area contributed by atoms with E-state index in [1.807, 2.05) is 0 Å². The van der Waals surface area contributed by atoms with Crippen LogP contribution in [0.4, 0.5) is 0 Å². The molecule has 0 bridgehead atoms. The standard InChI is InChI=1S/C12H16O3/c1-3-4-6-9-10(12(13)14)7-5-8-11(9)15-2/h5,7-8H,3-4,6H2,1-2H3,(H,13,14). The molecule has 0 saturated carbocycles. The molecule has 0 aliphatic heterocycles. The highest BCUT2D eigenvalue weighted by atomic mass is 16.5. The predicted molar refractivity (Wildman–Crippen MR) is 58.6 cm³/mol. The molecule has 0 unspecified atom stereocenters. The van der Waals surface area contributed by atoms with E-state index < -0.39 is 5.97 Å². The topological polar surface area (TPSA) is 46.5 Å². The van der Waals surface area contributed by atoms with Gasteiger partial charge in [0, 0.05) is 5.56 Å². The van der Waals surface area contributed by atoms with E-state index in [4.69, 9.17) is 9.84 Å². The molecular formula is C12H16O3. The molecule has 0 fully saturated rings. The molecule has 3 heteroatoms. The number of carboxylic acid groups (broad SMARTS) is 1. The molecule has 1 aromatic rings. The van der Waals surface area contributed by atoms with E-state index in [-0.39, 0.29) is 0 Å². The van der Waals surface area contributed by atoms with Gasteiger partial charge in [-0.2, -0.15) is 0 Å². The van der Waals surface area contributed by atoms with Crippen molar-refractivity contribution in [3.05, 3.63) is 29.3 Å². The summed E-state index contributed by atoms with van der Waals surface area (Å²) in [6.07, 6.45) is 2.76. The first kappa shape index (κ1) is 11.6. The summed E-state index contributed by atoms with van der Waals surface area (Å²) in [6, 6.07) is 5.13. The molecule has 0 aliphatic rings. The summed E-state index contributed by atoms with van der Waals surface area (Å²) in [5.41, 5.74) is 1.15. The molecule has 0 heterocycles. The Bertz CT molecular complexity index is 345. The van der Waals surface area contributed by atoms with E-state index in [0.29, 0.717) is 11.3 Å². The number of hydrogen-bond acceptors (Lipinski definition) is 2. The summed E-state index contributed by atoms with van der Waals surface area (Å²) in [4.78, 5) is 11.0. The van der Waals surface area contributed by atoms with Crippen LogP contribution in [0.15, 0.2) is 18.2 Å². The number of unbranched alkanes of at least 4 members (excludes halogenated alkanes) is 1. The molecule has 0 atom stereocenters. The summed E-state index contributed by atoms with van der Waals surface area (Å²) in [6.45, 7) is 2.08. The van der Waals surface area contributed by atoms with Crippen molar-refractivity contribution in [3.8, 4) is 5.75 Å². The average Bonchev–Trinajstić information content (AvgIpc) is 2.25. The van der Waals surface area contributed by atoms with Gasteiger partial charge < -0.3 is 9.84 Å². The van der Waals surface area contributed by atoms with Crippen molar-refractivity contribution >= 4 is 5.97 Å². The third-order valence-corrected chi connectivity index (χ3v) is 2.36. The van der Waals surface area contributed by atoms with Gasteiger partial charge in [-0.15, -0.1) is 0 Å². The van der Waals surface area contributed by atoms with Crippen molar-refractivity contribution in [1.29, 1.82) is 0 Å². The molecule has 15 heavy (non-hydrogen) atoms. The maximum absolute atomic E-state index is 11.0. The van der Waals surface area contributed by atoms with Crippen LogP contribution >= 0.6 is 0 Å². The Morgan fingerprint density at radius 2 is 2.20 bits per heavy atom. The van der Waals surface area contributed by atoms with Gasteiger partial charge in [0.1, 0.15) is 5.75 Å². The quantitative estimate of drug-likeness (QED) is 0.809. The maximum Gasteiger partial charge on any atom is 0.336 e. The van der Waals surface area contributed by atoms with Crippen molar-refractivity contribution in [1.82, 2.24) is 0 Å². The molecule has 1 rings (SSSR count). The van der Waals surface area contributed by atoms with Gasteiger partial charge in [-0.25, -0.2) is 4.79 Å². The lowest BCUT2D eigenvalue weighted by Gasteiger charge is -2.10. The van der Waals surface area contributed by atoms with Gasteiger partial charge in [-0.3, -0.25) is 0 Å². The minimum atomic E-state index is -0.889. The fourth-order valence-electron chi connectivity index (χ4n) is 1.57. The number of methoxy groups -OCH3 is 1. The van der Waals surface area contributed by atoms with Crippen LogP contribution in [0.25, 0.3) is 0 Å². The summed E-state index contributed by atoms with van der Waals surface area (Å²) in [5, 5.41) is 9.03. The van der Waals surface area contributed by atoms with Gasteiger partial charge in [-0.1, -0.05) is 19.4 Å². The Morgan fingerprint density at radius 3 is 2.73 bits per heavy atom. The molecular weight excluding hydrogens is 192 g/mol. The predicted octanol–water partition coefficient (Wildman–Crippen LogP) is 2.74. The number of carbonyl (C=O) groups is 1. The highest BCUT2D eigenvalue weighted by Crippen LogP contribution is 2.24. The van der Waals surface area contributed by atoms with Crippen molar-refractivity contribution in [3.63, 3.8) is 0 Å². The Balaban J connectivity index is 3.08. The Morgan fingerprint density at radius 1 is 1.47 bits per heavy atom. The highest BCUT2D eigenvalue weighted by molar-refractivity contribution is 5.90. The van der Waals surface area contributed by atoms with E-state index in [1.165, 1.54) is 0 Å². The molecule has 0 aromatic heterocycles. The second-order valence-electron chi connectivity index (χ2n) is 3.40. The highest BCUT2D eigenvalue weighted by Gasteiger charge is 2.13. The molecule has 1 N–H and O–H groups in total. The monoisotopic (exact) mass is 208 g/mol. The Labute approximate surface area is 89.7 Å². The normalized spacial score (nSPS) is 10.0. The first-order valence-corrected chi connectivity index (χ1v) is 5.09. The summed E-state index contributed by atoms with van der Waals surface area (Å²) < 4.78 is 5.17. The van der Waals surface area contributed by atoms with Gasteiger partial charge in [-0.05, 0) is 25.0 Å². The van der Waals surface area contributed by atoms with E-state index >= 15 is 0 Å². The van der Waals surface area contributed by atoms with E-state index in [9.17, 15) is 4.79 Å². The van der Waals surface area contributed by atoms with E-state index in [2.05, 4.69) is 6.92 Å². The Kier molecular flexibility index (Phi) is 4.16. The fourth-order valence-corrected chi connectivity index (χ4v) is 1.57. The first-order chi connectivity index (χ1) is 7.20. The van der Waals surface area contributed by atoms with Crippen molar-refractivity contribution < 1.29 is 14.6 Å². The second kappa shape index (κ2) is 5.39. The summed E-state index contributed by atoms with van der Waals surface area (Å²) >= 11 is 0. The number of benzene rings is 1. The Hall–Kier alpha value is -1.51. The average molecular weight is 208 g/mol. The smallest absolute Gasteiger partial charge is 0.336 e. The number of carboxylic acids is 1. The molecule has 0 radical (unpaired) electrons.